The van der Waals surface area contributed by atoms with E-state index in [1.54, 1.807) is 6.07 Å². The van der Waals surface area contributed by atoms with Crippen molar-refractivity contribution in [3.8, 4) is 17.9 Å². The van der Waals surface area contributed by atoms with Crippen molar-refractivity contribution in [2.75, 3.05) is 0 Å². The molecule has 0 heterocycles. The molecule has 1 N–H and O–H groups in total. The topological polar surface area (TPSA) is 61.1 Å². The van der Waals surface area contributed by atoms with E-state index in [0.717, 1.165) is 6.07 Å². The Hall–Kier alpha value is -2.40. The summed E-state index contributed by atoms with van der Waals surface area (Å²) in [5.41, 5.74) is -0.892. The molecule has 0 spiro atoms. The molecule has 0 fully saturated rings. The van der Waals surface area contributed by atoms with Crippen molar-refractivity contribution in [3.05, 3.63) is 34.9 Å². The van der Waals surface area contributed by atoms with E-state index in [1.807, 2.05) is 0 Å². The van der Waals surface area contributed by atoms with Gasteiger partial charge in [0.1, 0.15) is 11.6 Å². The highest BCUT2D eigenvalue weighted by Crippen LogP contribution is 2.14. The van der Waals surface area contributed by atoms with Crippen LogP contribution in [0.1, 0.15) is 22.3 Å². The lowest BCUT2D eigenvalue weighted by Crippen LogP contribution is -2.02. The largest absolute Gasteiger partial charge is 0.478 e. The van der Waals surface area contributed by atoms with Crippen LogP contribution in [0.2, 0.25) is 0 Å². The SMILES string of the molecule is N#CCC#Cc1cc(C(=O)O)c(F)cc1F. The van der Waals surface area contributed by atoms with Gasteiger partial charge in [-0.3, -0.25) is 0 Å². The van der Waals surface area contributed by atoms with Crippen molar-refractivity contribution in [1.29, 1.82) is 5.26 Å². The monoisotopic (exact) mass is 221 g/mol. The molecule has 0 aromatic heterocycles. The number of carbonyl (C=O) groups is 1. The molecular weight excluding hydrogens is 216 g/mol. The van der Waals surface area contributed by atoms with Gasteiger partial charge in [0.15, 0.2) is 0 Å². The highest BCUT2D eigenvalue weighted by molar-refractivity contribution is 5.88. The Morgan fingerprint density at radius 2 is 2.06 bits per heavy atom. The van der Waals surface area contributed by atoms with Crippen LogP contribution in [0.3, 0.4) is 0 Å². The maximum absolute atomic E-state index is 13.1. The van der Waals surface area contributed by atoms with Crippen molar-refractivity contribution in [3.63, 3.8) is 0 Å². The number of carboxylic acids is 1. The van der Waals surface area contributed by atoms with E-state index < -0.39 is 23.2 Å². The minimum Gasteiger partial charge on any atom is -0.478 e. The third-order valence-electron chi connectivity index (χ3n) is 1.68. The van der Waals surface area contributed by atoms with Crippen LogP contribution in [0.25, 0.3) is 0 Å². The smallest absolute Gasteiger partial charge is 0.338 e. The molecule has 1 rings (SSSR count). The fourth-order valence-electron chi connectivity index (χ4n) is 0.988. The summed E-state index contributed by atoms with van der Waals surface area (Å²) in [5, 5.41) is 16.8. The molecule has 0 aliphatic rings. The lowest BCUT2D eigenvalue weighted by Gasteiger charge is -1.99. The Morgan fingerprint density at radius 3 is 2.62 bits per heavy atom. The molecule has 0 bridgehead atoms. The van der Waals surface area contributed by atoms with Crippen LogP contribution in [0.4, 0.5) is 8.78 Å². The summed E-state index contributed by atoms with van der Waals surface area (Å²) >= 11 is 0. The molecule has 0 radical (unpaired) electrons. The van der Waals surface area contributed by atoms with E-state index in [9.17, 15) is 13.6 Å². The second-order valence-electron chi connectivity index (χ2n) is 2.75. The first-order chi connectivity index (χ1) is 7.56. The van der Waals surface area contributed by atoms with Gasteiger partial charge in [-0.15, -0.1) is 0 Å². The molecule has 0 saturated heterocycles. The third kappa shape index (κ3) is 2.55. The first-order valence-electron chi connectivity index (χ1n) is 4.14. The Balaban J connectivity index is 3.22. The van der Waals surface area contributed by atoms with Crippen LogP contribution in [0.5, 0.6) is 0 Å². The summed E-state index contributed by atoms with van der Waals surface area (Å²) in [6.07, 6.45) is -0.112. The Kier molecular flexibility index (Phi) is 3.58. The van der Waals surface area contributed by atoms with Crippen molar-refractivity contribution < 1.29 is 18.7 Å². The number of hydrogen-bond donors (Lipinski definition) is 1. The maximum atomic E-state index is 13.1. The van der Waals surface area contributed by atoms with Gasteiger partial charge in [-0.2, -0.15) is 5.26 Å². The van der Waals surface area contributed by atoms with E-state index in [-0.39, 0.29) is 12.0 Å². The molecule has 16 heavy (non-hydrogen) atoms. The van der Waals surface area contributed by atoms with Crippen LogP contribution >= 0.6 is 0 Å². The fourth-order valence-corrected chi connectivity index (χ4v) is 0.988. The molecule has 0 unspecified atom stereocenters. The van der Waals surface area contributed by atoms with Crippen LogP contribution in [0, 0.1) is 34.8 Å². The summed E-state index contributed by atoms with van der Waals surface area (Å²) in [5.74, 6) is 0.963. The molecule has 0 amide bonds. The molecule has 0 aliphatic heterocycles. The van der Waals surface area contributed by atoms with Gasteiger partial charge in [0.05, 0.1) is 23.6 Å². The summed E-state index contributed by atoms with van der Waals surface area (Å²) in [6.45, 7) is 0. The van der Waals surface area contributed by atoms with Gasteiger partial charge in [-0.1, -0.05) is 11.8 Å². The lowest BCUT2D eigenvalue weighted by molar-refractivity contribution is 0.0691. The van der Waals surface area contributed by atoms with Gasteiger partial charge in [-0.05, 0) is 6.07 Å². The third-order valence-corrected chi connectivity index (χ3v) is 1.68. The number of aromatic carboxylic acids is 1. The average molecular weight is 221 g/mol. The van der Waals surface area contributed by atoms with Gasteiger partial charge in [0, 0.05) is 6.07 Å². The number of hydrogen-bond acceptors (Lipinski definition) is 2. The molecule has 5 heteroatoms. The van der Waals surface area contributed by atoms with Crippen molar-refractivity contribution in [2.24, 2.45) is 0 Å². The first kappa shape index (κ1) is 11.7. The quantitative estimate of drug-likeness (QED) is 0.737. The van der Waals surface area contributed by atoms with Crippen molar-refractivity contribution in [2.45, 2.75) is 6.42 Å². The predicted molar refractivity (Wildman–Crippen MR) is 50.4 cm³/mol. The van der Waals surface area contributed by atoms with Crippen LogP contribution < -0.4 is 0 Å². The van der Waals surface area contributed by atoms with Crippen LogP contribution in [-0.4, -0.2) is 11.1 Å². The fraction of sp³-hybridized carbons (Fsp3) is 0.0909. The Morgan fingerprint density at radius 1 is 1.38 bits per heavy atom. The highest BCUT2D eigenvalue weighted by atomic mass is 19.1. The van der Waals surface area contributed by atoms with Crippen LogP contribution in [0.15, 0.2) is 12.1 Å². The van der Waals surface area contributed by atoms with E-state index in [1.165, 1.54) is 0 Å². The van der Waals surface area contributed by atoms with E-state index in [0.29, 0.717) is 6.07 Å². The minimum absolute atomic E-state index is 0.112. The second kappa shape index (κ2) is 4.90. The number of nitrogens with zero attached hydrogens (tertiary/aromatic N) is 1. The van der Waals surface area contributed by atoms with Gasteiger partial charge >= 0.3 is 5.97 Å². The molecule has 1 aromatic rings. The standard InChI is InChI=1S/C11H5F2NO2/c12-9-6-10(13)8(11(15)16)5-7(9)3-1-2-4-14/h5-6H,2H2,(H,15,16). The van der Waals surface area contributed by atoms with Crippen molar-refractivity contribution in [1.82, 2.24) is 0 Å². The van der Waals surface area contributed by atoms with Gasteiger partial charge in [-0.25, -0.2) is 13.6 Å². The molecule has 3 nitrogen and oxygen atoms in total. The molecule has 80 valence electrons. The Labute approximate surface area is 89.9 Å². The number of halogens is 2. The van der Waals surface area contributed by atoms with Crippen LogP contribution in [-0.2, 0) is 0 Å². The summed E-state index contributed by atoms with van der Waals surface area (Å²) in [6, 6.07) is 2.98. The molecule has 0 aliphatic carbocycles. The first-order valence-corrected chi connectivity index (χ1v) is 4.14. The predicted octanol–water partition coefficient (Wildman–Crippen LogP) is 1.93. The zero-order chi connectivity index (χ0) is 12.1. The van der Waals surface area contributed by atoms with Gasteiger partial charge in [0.25, 0.3) is 0 Å². The molecule has 1 aromatic carbocycles. The number of nitriles is 1. The Bertz CT molecular complexity index is 535. The summed E-state index contributed by atoms with van der Waals surface area (Å²) < 4.78 is 26.1. The van der Waals surface area contributed by atoms with Crippen molar-refractivity contribution >= 4 is 5.97 Å². The van der Waals surface area contributed by atoms with Gasteiger partial charge < -0.3 is 5.11 Å². The van der Waals surface area contributed by atoms with E-state index in [2.05, 4.69) is 11.8 Å². The second-order valence-corrected chi connectivity index (χ2v) is 2.75. The zero-order valence-corrected chi connectivity index (χ0v) is 7.92. The highest BCUT2D eigenvalue weighted by Gasteiger charge is 2.13. The number of rotatable bonds is 1. The average Bonchev–Trinajstić information content (AvgIpc) is 2.21. The molecule has 0 atom stereocenters. The van der Waals surface area contributed by atoms with E-state index in [4.69, 9.17) is 10.4 Å². The lowest BCUT2D eigenvalue weighted by atomic mass is 10.1. The summed E-state index contributed by atoms with van der Waals surface area (Å²) in [4.78, 5) is 10.6. The minimum atomic E-state index is -1.50. The number of carboxylic acid groups (broad SMARTS) is 1. The van der Waals surface area contributed by atoms with Gasteiger partial charge in [0.2, 0.25) is 0 Å². The normalized spacial score (nSPS) is 8.81. The maximum Gasteiger partial charge on any atom is 0.338 e. The summed E-state index contributed by atoms with van der Waals surface area (Å²) in [7, 11) is 0. The van der Waals surface area contributed by atoms with E-state index >= 15 is 0 Å². The molecular formula is C11H5F2NO2. The number of benzene rings is 1. The molecule has 0 saturated carbocycles. The zero-order valence-electron chi connectivity index (χ0n) is 7.92.